The number of allylic oxidation sites excluding steroid dienone is 4. The van der Waals surface area contributed by atoms with Gasteiger partial charge in [-0.05, 0) is 92.0 Å². The molecule has 1 heterocycles. The summed E-state index contributed by atoms with van der Waals surface area (Å²) in [6, 6.07) is 11.9. The Morgan fingerprint density at radius 2 is 1.88 bits per heavy atom. The fourth-order valence-electron chi connectivity index (χ4n) is 7.98. The minimum absolute atomic E-state index is 0.00746. The minimum atomic E-state index is 0.00746. The summed E-state index contributed by atoms with van der Waals surface area (Å²) in [5.41, 5.74) is 2.28. The molecular formula is C29H32N2O2. The summed E-state index contributed by atoms with van der Waals surface area (Å²) < 4.78 is 0. The molecule has 3 fully saturated rings. The number of aromatic nitrogens is 1. The molecule has 1 amide bonds. The molecule has 2 aromatic rings. The van der Waals surface area contributed by atoms with Crippen molar-refractivity contribution in [3.63, 3.8) is 0 Å². The first-order chi connectivity index (χ1) is 15.9. The third-order valence-electron chi connectivity index (χ3n) is 9.72. The van der Waals surface area contributed by atoms with Crippen molar-refractivity contribution in [3.05, 3.63) is 60.2 Å². The Labute approximate surface area is 195 Å². The monoisotopic (exact) mass is 440 g/mol. The van der Waals surface area contributed by atoms with E-state index in [1.54, 1.807) is 6.08 Å². The maximum absolute atomic E-state index is 13.5. The second-order valence-electron chi connectivity index (χ2n) is 11.2. The first-order valence-electron chi connectivity index (χ1n) is 12.5. The van der Waals surface area contributed by atoms with Gasteiger partial charge < -0.3 is 5.32 Å². The lowest BCUT2D eigenvalue weighted by atomic mass is 9.48. The van der Waals surface area contributed by atoms with Crippen molar-refractivity contribution >= 4 is 28.4 Å². The summed E-state index contributed by atoms with van der Waals surface area (Å²) in [7, 11) is 0. The van der Waals surface area contributed by atoms with Crippen molar-refractivity contribution in [2.24, 2.45) is 34.5 Å². The SMILES string of the molecule is CC12C=CC(=O)C=C1CCC1C2CCC2(C)C(C(=O)Nc3ccc4ccccc4n3)CCC12. The largest absolute Gasteiger partial charge is 0.310 e. The van der Waals surface area contributed by atoms with E-state index in [9.17, 15) is 9.59 Å². The Morgan fingerprint density at radius 3 is 2.76 bits per heavy atom. The van der Waals surface area contributed by atoms with Gasteiger partial charge in [0.05, 0.1) is 5.52 Å². The van der Waals surface area contributed by atoms with Crippen molar-refractivity contribution in [2.75, 3.05) is 5.32 Å². The molecule has 1 aromatic carbocycles. The highest BCUT2D eigenvalue weighted by Crippen LogP contribution is 2.66. The summed E-state index contributed by atoms with van der Waals surface area (Å²) in [5.74, 6) is 2.72. The number of anilines is 1. The number of carbonyl (C=O) groups is 2. The molecule has 4 aliphatic carbocycles. The zero-order chi connectivity index (χ0) is 22.8. The molecular weight excluding hydrogens is 408 g/mol. The third-order valence-corrected chi connectivity index (χ3v) is 9.72. The first-order valence-corrected chi connectivity index (χ1v) is 12.5. The highest BCUT2D eigenvalue weighted by atomic mass is 16.2. The van der Waals surface area contributed by atoms with Gasteiger partial charge in [-0.2, -0.15) is 0 Å². The van der Waals surface area contributed by atoms with Crippen LogP contribution in [-0.4, -0.2) is 16.7 Å². The van der Waals surface area contributed by atoms with Crippen LogP contribution in [0.15, 0.2) is 60.2 Å². The van der Waals surface area contributed by atoms with Gasteiger partial charge in [-0.15, -0.1) is 0 Å². The van der Waals surface area contributed by atoms with Crippen LogP contribution in [-0.2, 0) is 9.59 Å². The van der Waals surface area contributed by atoms with Crippen molar-refractivity contribution < 1.29 is 9.59 Å². The van der Waals surface area contributed by atoms with Crippen LogP contribution in [0.25, 0.3) is 10.9 Å². The van der Waals surface area contributed by atoms with Gasteiger partial charge in [0.1, 0.15) is 5.82 Å². The Balaban J connectivity index is 1.23. The van der Waals surface area contributed by atoms with E-state index in [-0.39, 0.29) is 28.4 Å². The van der Waals surface area contributed by atoms with E-state index in [2.05, 4.69) is 30.2 Å². The van der Waals surface area contributed by atoms with Crippen LogP contribution in [0.3, 0.4) is 0 Å². The summed E-state index contributed by atoms with van der Waals surface area (Å²) in [6.45, 7) is 4.71. The Kier molecular flexibility index (Phi) is 4.66. The van der Waals surface area contributed by atoms with Gasteiger partial charge in [-0.25, -0.2) is 4.98 Å². The van der Waals surface area contributed by atoms with Crippen LogP contribution < -0.4 is 5.32 Å². The van der Waals surface area contributed by atoms with E-state index in [0.717, 1.165) is 49.4 Å². The number of para-hydroxylation sites is 1. The normalized spacial score (nSPS) is 37.2. The van der Waals surface area contributed by atoms with Crippen LogP contribution in [0.2, 0.25) is 0 Å². The fourth-order valence-corrected chi connectivity index (χ4v) is 7.98. The highest BCUT2D eigenvalue weighted by molar-refractivity contribution is 6.01. The van der Waals surface area contributed by atoms with Gasteiger partial charge in [0, 0.05) is 16.7 Å². The van der Waals surface area contributed by atoms with Crippen molar-refractivity contribution in [2.45, 2.75) is 52.4 Å². The van der Waals surface area contributed by atoms with Crippen LogP contribution in [0, 0.1) is 34.5 Å². The number of benzene rings is 1. The maximum Gasteiger partial charge on any atom is 0.229 e. The first kappa shape index (κ1) is 20.8. The van der Waals surface area contributed by atoms with Crippen molar-refractivity contribution in [1.29, 1.82) is 0 Å². The standard InChI is InChI=1S/C29H32N2O2/c1-28-15-13-20(32)17-19(28)8-9-21-22-10-11-24(29(22,2)16-14-23(21)28)27(33)31-26-12-7-18-5-3-4-6-25(18)30-26/h3-7,12-13,15,17,21-24H,8-11,14,16H2,1-2H3,(H,30,31,33). The summed E-state index contributed by atoms with van der Waals surface area (Å²) in [5, 5.41) is 4.24. The molecule has 0 bridgehead atoms. The average molecular weight is 441 g/mol. The number of hydrogen-bond donors (Lipinski definition) is 1. The molecule has 4 heteroatoms. The summed E-state index contributed by atoms with van der Waals surface area (Å²) in [4.78, 5) is 30.1. The second-order valence-corrected chi connectivity index (χ2v) is 11.2. The topological polar surface area (TPSA) is 59.1 Å². The number of rotatable bonds is 2. The maximum atomic E-state index is 13.5. The van der Waals surface area contributed by atoms with E-state index >= 15 is 0 Å². The van der Waals surface area contributed by atoms with Gasteiger partial charge >= 0.3 is 0 Å². The van der Waals surface area contributed by atoms with Crippen molar-refractivity contribution in [1.82, 2.24) is 4.98 Å². The molecule has 0 spiro atoms. The molecule has 0 radical (unpaired) electrons. The lowest BCUT2D eigenvalue weighted by Crippen LogP contribution is -2.50. The zero-order valence-electron chi connectivity index (χ0n) is 19.5. The van der Waals surface area contributed by atoms with E-state index < -0.39 is 0 Å². The lowest BCUT2D eigenvalue weighted by molar-refractivity contribution is -0.126. The molecule has 0 saturated heterocycles. The number of hydrogen-bond acceptors (Lipinski definition) is 3. The number of amides is 1. The van der Waals surface area contributed by atoms with Gasteiger partial charge in [-0.1, -0.05) is 43.7 Å². The number of nitrogens with one attached hydrogen (secondary N) is 1. The van der Waals surface area contributed by atoms with Crippen molar-refractivity contribution in [3.8, 4) is 0 Å². The molecule has 1 N–H and O–H groups in total. The molecule has 4 nitrogen and oxygen atoms in total. The fraction of sp³-hybridized carbons (Fsp3) is 0.483. The molecule has 6 rings (SSSR count). The zero-order valence-corrected chi connectivity index (χ0v) is 19.5. The van der Waals surface area contributed by atoms with E-state index in [1.165, 1.54) is 5.57 Å². The van der Waals surface area contributed by atoms with Crippen LogP contribution in [0.4, 0.5) is 5.82 Å². The van der Waals surface area contributed by atoms with Crippen LogP contribution in [0.1, 0.15) is 52.4 Å². The lowest BCUT2D eigenvalue weighted by Gasteiger charge is -2.56. The highest BCUT2D eigenvalue weighted by Gasteiger charge is 2.59. The van der Waals surface area contributed by atoms with Gasteiger partial charge in [0.25, 0.3) is 0 Å². The number of carbonyl (C=O) groups excluding carboxylic acids is 2. The molecule has 6 unspecified atom stereocenters. The predicted octanol–water partition coefficient (Wildman–Crippen LogP) is 6.10. The van der Waals surface area contributed by atoms with E-state index in [4.69, 9.17) is 0 Å². The van der Waals surface area contributed by atoms with E-state index in [0.29, 0.717) is 23.6 Å². The summed E-state index contributed by atoms with van der Waals surface area (Å²) >= 11 is 0. The summed E-state index contributed by atoms with van der Waals surface area (Å²) in [6.07, 6.45) is 12.3. The second kappa shape index (κ2) is 7.38. The molecule has 33 heavy (non-hydrogen) atoms. The quantitative estimate of drug-likeness (QED) is 0.614. The average Bonchev–Trinajstić information content (AvgIpc) is 3.17. The number of fused-ring (bicyclic) bond motifs is 6. The molecule has 6 atom stereocenters. The van der Waals surface area contributed by atoms with Gasteiger partial charge in [-0.3, -0.25) is 9.59 Å². The number of pyridine rings is 1. The molecule has 1 aromatic heterocycles. The van der Waals surface area contributed by atoms with Crippen LogP contribution >= 0.6 is 0 Å². The van der Waals surface area contributed by atoms with Crippen LogP contribution in [0.5, 0.6) is 0 Å². The number of nitrogens with zero attached hydrogens (tertiary/aromatic N) is 1. The Bertz CT molecular complexity index is 1210. The minimum Gasteiger partial charge on any atom is -0.310 e. The van der Waals surface area contributed by atoms with E-state index in [1.807, 2.05) is 42.5 Å². The van der Waals surface area contributed by atoms with Gasteiger partial charge in [0.2, 0.25) is 5.91 Å². The molecule has 170 valence electrons. The molecule has 4 aliphatic rings. The molecule has 3 saturated carbocycles. The third kappa shape index (κ3) is 3.13. The Hall–Kier alpha value is -2.75. The Morgan fingerprint density at radius 1 is 1.03 bits per heavy atom. The van der Waals surface area contributed by atoms with Gasteiger partial charge in [0.15, 0.2) is 5.78 Å². The number of ketones is 1. The molecule has 0 aliphatic heterocycles. The smallest absolute Gasteiger partial charge is 0.229 e. The predicted molar refractivity (Wildman–Crippen MR) is 130 cm³/mol.